The van der Waals surface area contributed by atoms with E-state index in [4.69, 9.17) is 9.47 Å². The Hall–Kier alpha value is -4.38. The van der Waals surface area contributed by atoms with Crippen molar-refractivity contribution < 1.29 is 32.6 Å². The molecule has 3 aromatic rings. The van der Waals surface area contributed by atoms with Gasteiger partial charge in [-0.3, -0.25) is 9.59 Å². The number of likely N-dealkylation sites (tertiary alicyclic amines) is 1. The molecule has 0 unspecified atom stereocenters. The topological polar surface area (TPSA) is 101 Å². The highest BCUT2D eigenvalue weighted by atomic mass is 19.1. The van der Waals surface area contributed by atoms with Crippen molar-refractivity contribution in [1.82, 2.24) is 14.8 Å². The number of fused-ring (bicyclic) bond motifs is 1. The molecule has 2 fully saturated rings. The average molecular weight is 619 g/mol. The van der Waals surface area contributed by atoms with E-state index < -0.39 is 29.2 Å². The Balaban J connectivity index is 1.26. The molecule has 0 aliphatic carbocycles. The summed E-state index contributed by atoms with van der Waals surface area (Å²) >= 11 is 0. The van der Waals surface area contributed by atoms with E-state index in [9.17, 15) is 23.2 Å². The van der Waals surface area contributed by atoms with Gasteiger partial charge in [-0.15, -0.1) is 0 Å². The van der Waals surface area contributed by atoms with Crippen LogP contribution in [0.1, 0.15) is 72.9 Å². The first kappa shape index (κ1) is 30.6. The normalized spacial score (nSPS) is 17.8. The predicted molar refractivity (Wildman–Crippen MR) is 163 cm³/mol. The zero-order chi connectivity index (χ0) is 31.9. The highest BCUT2D eigenvalue weighted by Gasteiger charge is 2.39. The minimum absolute atomic E-state index is 0.0371. The number of anilines is 2. The van der Waals surface area contributed by atoms with Gasteiger partial charge in [0.1, 0.15) is 17.2 Å². The van der Waals surface area contributed by atoms with Gasteiger partial charge in [0.2, 0.25) is 0 Å². The summed E-state index contributed by atoms with van der Waals surface area (Å²) in [5.74, 6) is -2.32. The van der Waals surface area contributed by atoms with Crippen molar-refractivity contribution in [2.24, 2.45) is 5.41 Å². The van der Waals surface area contributed by atoms with Crippen LogP contribution in [0.15, 0.2) is 48.5 Å². The SMILES string of the molecule is CC(C)(C)OC(=O)N1Cc2nc(-c3c(F)cccc3F)cc(Nc3ccc(C(=O)N4CCC5(CCOCC5)CC4)cc3)c2C1=O. The van der Waals surface area contributed by atoms with Crippen LogP contribution in [-0.2, 0) is 16.0 Å². The Morgan fingerprint density at radius 1 is 0.956 bits per heavy atom. The van der Waals surface area contributed by atoms with E-state index in [0.717, 1.165) is 55.9 Å². The van der Waals surface area contributed by atoms with Gasteiger partial charge >= 0.3 is 6.09 Å². The van der Waals surface area contributed by atoms with Gasteiger partial charge in [0, 0.05) is 37.6 Å². The Morgan fingerprint density at radius 3 is 2.22 bits per heavy atom. The number of carbonyl (C=O) groups is 3. The Bertz CT molecular complexity index is 1620. The fourth-order valence-electron chi connectivity index (χ4n) is 6.26. The quantitative estimate of drug-likeness (QED) is 0.348. The van der Waals surface area contributed by atoms with Crippen molar-refractivity contribution in [2.45, 2.75) is 58.6 Å². The maximum absolute atomic E-state index is 14.8. The zero-order valence-electron chi connectivity index (χ0n) is 25.6. The summed E-state index contributed by atoms with van der Waals surface area (Å²) in [5.41, 5.74) is 0.584. The summed E-state index contributed by atoms with van der Waals surface area (Å²) in [6.07, 6.45) is 3.16. The lowest BCUT2D eigenvalue weighted by Crippen LogP contribution is -2.45. The average Bonchev–Trinajstić information content (AvgIpc) is 3.34. The van der Waals surface area contributed by atoms with Crippen LogP contribution in [-0.4, -0.2) is 64.6 Å². The molecule has 2 aromatic carbocycles. The first-order valence-corrected chi connectivity index (χ1v) is 15.2. The molecule has 45 heavy (non-hydrogen) atoms. The van der Waals surface area contributed by atoms with Crippen LogP contribution in [0.5, 0.6) is 0 Å². The molecule has 3 aliphatic rings. The number of aromatic nitrogens is 1. The molecule has 0 atom stereocenters. The molecule has 1 spiro atoms. The van der Waals surface area contributed by atoms with Gasteiger partial charge in [-0.1, -0.05) is 6.07 Å². The van der Waals surface area contributed by atoms with Crippen LogP contribution >= 0.6 is 0 Å². The number of rotatable bonds is 4. The second-order valence-electron chi connectivity index (χ2n) is 13.0. The number of hydrogen-bond donors (Lipinski definition) is 1. The third-order valence-electron chi connectivity index (χ3n) is 8.77. The summed E-state index contributed by atoms with van der Waals surface area (Å²) < 4.78 is 40.5. The fraction of sp³-hybridized carbons (Fsp3) is 0.412. The van der Waals surface area contributed by atoms with E-state index in [0.29, 0.717) is 24.3 Å². The monoisotopic (exact) mass is 618 g/mol. The molecule has 0 bridgehead atoms. The number of amides is 3. The van der Waals surface area contributed by atoms with Crippen molar-refractivity contribution in [2.75, 3.05) is 31.6 Å². The maximum atomic E-state index is 14.8. The van der Waals surface area contributed by atoms with Gasteiger partial charge < -0.3 is 19.7 Å². The van der Waals surface area contributed by atoms with Crippen molar-refractivity contribution >= 4 is 29.3 Å². The molecular formula is C34H36F2N4O5. The van der Waals surface area contributed by atoms with Crippen molar-refractivity contribution in [3.8, 4) is 11.3 Å². The Labute approximate surface area is 260 Å². The molecule has 1 N–H and O–H groups in total. The molecule has 11 heteroatoms. The molecule has 4 heterocycles. The summed E-state index contributed by atoms with van der Waals surface area (Å²) in [5, 5.41) is 3.15. The Morgan fingerprint density at radius 2 is 1.60 bits per heavy atom. The zero-order valence-corrected chi connectivity index (χ0v) is 25.6. The van der Waals surface area contributed by atoms with Crippen LogP contribution in [0.3, 0.4) is 0 Å². The van der Waals surface area contributed by atoms with Crippen LogP contribution in [0.4, 0.5) is 25.0 Å². The lowest BCUT2D eigenvalue weighted by molar-refractivity contribution is -0.0175. The van der Waals surface area contributed by atoms with Crippen LogP contribution in [0.2, 0.25) is 0 Å². The second-order valence-corrected chi connectivity index (χ2v) is 13.0. The molecule has 0 radical (unpaired) electrons. The van der Waals surface area contributed by atoms with Gasteiger partial charge in [0.15, 0.2) is 0 Å². The van der Waals surface area contributed by atoms with E-state index in [1.54, 1.807) is 45.0 Å². The fourth-order valence-corrected chi connectivity index (χ4v) is 6.26. The van der Waals surface area contributed by atoms with Gasteiger partial charge in [-0.2, -0.15) is 0 Å². The van der Waals surface area contributed by atoms with Crippen LogP contribution < -0.4 is 5.32 Å². The lowest BCUT2D eigenvalue weighted by Gasteiger charge is -2.44. The first-order valence-electron chi connectivity index (χ1n) is 15.2. The standard InChI is InChI=1S/C34H36F2N4O5/c1-33(2,3)45-32(43)40-20-27-29(31(40)42)26(19-25(38-27)28-23(35)5-4-6-24(28)36)37-22-9-7-21(8-10-22)30(41)39-15-11-34(12-16-39)13-17-44-18-14-34/h4-10,19H,11-18,20H2,1-3H3,(H,37,38). The molecule has 0 saturated carbocycles. The first-order chi connectivity index (χ1) is 21.4. The third kappa shape index (κ3) is 6.26. The number of ether oxygens (including phenoxy) is 2. The number of hydrogen-bond acceptors (Lipinski definition) is 7. The number of pyridine rings is 1. The summed E-state index contributed by atoms with van der Waals surface area (Å²) in [7, 11) is 0. The van der Waals surface area contributed by atoms with Crippen LogP contribution in [0.25, 0.3) is 11.3 Å². The maximum Gasteiger partial charge on any atom is 0.417 e. The van der Waals surface area contributed by atoms with Crippen molar-refractivity contribution in [3.05, 3.63) is 77.0 Å². The Kier molecular flexibility index (Phi) is 8.07. The molecule has 9 nitrogen and oxygen atoms in total. The number of benzene rings is 2. The molecular weight excluding hydrogens is 582 g/mol. The highest BCUT2D eigenvalue weighted by Crippen LogP contribution is 2.41. The summed E-state index contributed by atoms with van der Waals surface area (Å²) in [4.78, 5) is 46.9. The van der Waals surface area contributed by atoms with E-state index >= 15 is 0 Å². The number of piperidine rings is 1. The number of halogens is 2. The van der Waals surface area contributed by atoms with E-state index in [-0.39, 0.29) is 46.1 Å². The summed E-state index contributed by atoms with van der Waals surface area (Å²) in [6, 6.07) is 11.7. The predicted octanol–water partition coefficient (Wildman–Crippen LogP) is 6.69. The smallest absolute Gasteiger partial charge is 0.417 e. The van der Waals surface area contributed by atoms with E-state index in [1.165, 1.54) is 12.1 Å². The van der Waals surface area contributed by atoms with Crippen LogP contribution in [0, 0.1) is 17.0 Å². The minimum atomic E-state index is -0.849. The van der Waals surface area contributed by atoms with Gasteiger partial charge in [-0.05, 0) is 94.3 Å². The van der Waals surface area contributed by atoms with Gasteiger partial charge in [0.25, 0.3) is 11.8 Å². The number of nitrogens with one attached hydrogen (secondary N) is 1. The highest BCUT2D eigenvalue weighted by molar-refractivity contribution is 6.10. The van der Waals surface area contributed by atoms with Gasteiger partial charge in [-0.25, -0.2) is 23.5 Å². The minimum Gasteiger partial charge on any atom is -0.443 e. The largest absolute Gasteiger partial charge is 0.443 e. The molecule has 2 saturated heterocycles. The van der Waals surface area contributed by atoms with E-state index in [2.05, 4.69) is 10.3 Å². The van der Waals surface area contributed by atoms with Crippen molar-refractivity contribution in [3.63, 3.8) is 0 Å². The molecule has 3 aliphatic heterocycles. The number of imide groups is 1. The van der Waals surface area contributed by atoms with E-state index in [1.807, 2.05) is 4.90 Å². The van der Waals surface area contributed by atoms with Crippen molar-refractivity contribution in [1.29, 1.82) is 0 Å². The molecule has 236 valence electrons. The lowest BCUT2D eigenvalue weighted by atomic mass is 9.72. The number of nitrogens with zero attached hydrogens (tertiary/aromatic N) is 3. The number of carbonyl (C=O) groups excluding carboxylic acids is 3. The second kappa shape index (κ2) is 11.8. The molecule has 3 amide bonds. The van der Waals surface area contributed by atoms with Gasteiger partial charge in [0.05, 0.1) is 34.7 Å². The summed E-state index contributed by atoms with van der Waals surface area (Å²) in [6.45, 7) is 7.80. The molecule has 6 rings (SSSR count). The molecule has 1 aromatic heterocycles. The third-order valence-corrected chi connectivity index (χ3v) is 8.77.